The summed E-state index contributed by atoms with van der Waals surface area (Å²) in [6.07, 6.45) is 1.46. The van der Waals surface area contributed by atoms with E-state index < -0.39 is 17.7 Å². The summed E-state index contributed by atoms with van der Waals surface area (Å²) in [6, 6.07) is 11.1. The quantitative estimate of drug-likeness (QED) is 0.668. The van der Waals surface area contributed by atoms with Crippen molar-refractivity contribution in [2.75, 3.05) is 19.5 Å². The van der Waals surface area contributed by atoms with Gasteiger partial charge >= 0.3 is 5.97 Å². The topological polar surface area (TPSA) is 89.8 Å². The number of ether oxygens (including phenoxy) is 2. The highest BCUT2D eigenvalue weighted by Crippen LogP contribution is 2.45. The van der Waals surface area contributed by atoms with E-state index in [0.717, 1.165) is 0 Å². The molecule has 1 atom stereocenters. The van der Waals surface area contributed by atoms with Crippen LogP contribution in [-0.2, 0) is 4.79 Å². The fourth-order valence-electron chi connectivity index (χ4n) is 3.84. The number of carbonyl (C=O) groups excluding carboxylic acids is 1. The number of aromatic nitrogens is 1. The molecule has 3 aromatic rings. The molecular formula is C22H19FN2O5. The van der Waals surface area contributed by atoms with Crippen LogP contribution >= 0.6 is 0 Å². The fourth-order valence-corrected chi connectivity index (χ4v) is 3.84. The number of rotatable bonds is 5. The van der Waals surface area contributed by atoms with Gasteiger partial charge in [-0.15, -0.1) is 0 Å². The Kier molecular flexibility index (Phi) is 4.91. The van der Waals surface area contributed by atoms with Crippen LogP contribution < -0.4 is 14.8 Å². The summed E-state index contributed by atoms with van der Waals surface area (Å²) in [5.74, 6) is -1.40. The Morgan fingerprint density at radius 2 is 2.00 bits per heavy atom. The molecule has 0 fully saturated rings. The van der Waals surface area contributed by atoms with Gasteiger partial charge in [-0.3, -0.25) is 4.79 Å². The number of anilines is 1. The lowest BCUT2D eigenvalue weighted by atomic mass is 9.87. The number of halogens is 1. The summed E-state index contributed by atoms with van der Waals surface area (Å²) in [6.45, 7) is 0. The van der Waals surface area contributed by atoms with Crippen molar-refractivity contribution >= 4 is 17.6 Å². The van der Waals surface area contributed by atoms with Gasteiger partial charge in [0, 0.05) is 29.8 Å². The van der Waals surface area contributed by atoms with Crippen LogP contribution in [0.5, 0.6) is 11.5 Å². The molecule has 0 radical (unpaired) electrons. The molecular weight excluding hydrogens is 391 g/mol. The molecule has 2 N–H and O–H groups in total. The van der Waals surface area contributed by atoms with Crippen LogP contribution in [0.2, 0.25) is 0 Å². The van der Waals surface area contributed by atoms with Crippen molar-refractivity contribution in [1.82, 2.24) is 4.57 Å². The van der Waals surface area contributed by atoms with Gasteiger partial charge in [0.2, 0.25) is 5.91 Å². The lowest BCUT2D eigenvalue weighted by Gasteiger charge is -2.27. The second kappa shape index (κ2) is 7.55. The van der Waals surface area contributed by atoms with Crippen molar-refractivity contribution in [3.05, 3.63) is 71.3 Å². The predicted molar refractivity (Wildman–Crippen MR) is 107 cm³/mol. The molecule has 30 heavy (non-hydrogen) atoms. The third kappa shape index (κ3) is 3.26. The van der Waals surface area contributed by atoms with E-state index in [1.54, 1.807) is 34.9 Å². The Morgan fingerprint density at radius 3 is 2.67 bits per heavy atom. The number of hydrogen-bond acceptors (Lipinski definition) is 4. The number of nitrogens with zero attached hydrogens (tertiary/aromatic N) is 1. The number of nitrogens with one attached hydrogen (secondary N) is 1. The van der Waals surface area contributed by atoms with Crippen molar-refractivity contribution in [2.45, 2.75) is 12.3 Å². The molecule has 0 saturated heterocycles. The second-order valence-corrected chi connectivity index (χ2v) is 6.87. The average Bonchev–Trinajstić information content (AvgIpc) is 3.12. The summed E-state index contributed by atoms with van der Waals surface area (Å²) in [7, 11) is 3.05. The number of hydrogen-bond donors (Lipinski definition) is 2. The molecule has 7 nitrogen and oxygen atoms in total. The van der Waals surface area contributed by atoms with E-state index in [0.29, 0.717) is 28.4 Å². The first-order valence-corrected chi connectivity index (χ1v) is 9.19. The minimum atomic E-state index is -1.19. The number of carboxylic acid groups (broad SMARTS) is 1. The van der Waals surface area contributed by atoms with E-state index in [9.17, 15) is 19.1 Å². The summed E-state index contributed by atoms with van der Waals surface area (Å²) < 4.78 is 26.3. The van der Waals surface area contributed by atoms with E-state index in [2.05, 4.69) is 5.32 Å². The van der Waals surface area contributed by atoms with Crippen molar-refractivity contribution < 1.29 is 28.6 Å². The minimum absolute atomic E-state index is 0.0644. The second-order valence-electron chi connectivity index (χ2n) is 6.87. The maximum absolute atomic E-state index is 13.9. The van der Waals surface area contributed by atoms with Gasteiger partial charge in [-0.25, -0.2) is 9.18 Å². The molecule has 1 aromatic heterocycles. The molecule has 0 bridgehead atoms. The van der Waals surface area contributed by atoms with Gasteiger partial charge in [0.25, 0.3) is 0 Å². The number of benzene rings is 2. The summed E-state index contributed by atoms with van der Waals surface area (Å²) in [5.41, 5.74) is 1.76. The maximum Gasteiger partial charge on any atom is 0.339 e. The molecule has 1 aliphatic rings. The SMILES string of the molecule is COc1ccc(OC)c([C@@H]2CC(=O)Nc3c(C(=O)O)cn(-c4cccc(F)c4)c32)c1. The largest absolute Gasteiger partial charge is 0.497 e. The Labute approximate surface area is 171 Å². The molecule has 2 aromatic carbocycles. The summed E-state index contributed by atoms with van der Waals surface area (Å²) in [5, 5.41) is 12.4. The number of methoxy groups -OCH3 is 2. The third-order valence-electron chi connectivity index (χ3n) is 5.16. The number of fused-ring (bicyclic) bond motifs is 1. The van der Waals surface area contributed by atoms with Gasteiger partial charge in [0.15, 0.2) is 0 Å². The molecule has 8 heteroatoms. The van der Waals surface area contributed by atoms with Crippen molar-refractivity contribution in [1.29, 1.82) is 0 Å². The maximum atomic E-state index is 13.9. The van der Waals surface area contributed by atoms with Gasteiger partial charge in [-0.2, -0.15) is 0 Å². The Hall–Kier alpha value is -3.81. The zero-order valence-corrected chi connectivity index (χ0v) is 16.3. The minimum Gasteiger partial charge on any atom is -0.497 e. The standard InChI is InChI=1S/C22H19FN2O5/c1-29-14-6-7-18(30-2)15(9-14)16-10-19(26)24-20-17(22(27)28)11-25(21(16)20)13-5-3-4-12(23)8-13/h3-9,11,16H,10H2,1-2H3,(H,24,26)(H,27,28)/t16-/m0/s1. The first kappa shape index (κ1) is 19.5. The number of carbonyl (C=O) groups is 2. The fraction of sp³-hybridized carbons (Fsp3) is 0.182. The monoisotopic (exact) mass is 410 g/mol. The number of carboxylic acids is 1. The van der Waals surface area contributed by atoms with Crippen LogP contribution in [-0.4, -0.2) is 35.8 Å². The molecule has 0 aliphatic carbocycles. The predicted octanol–water partition coefficient (Wildman–Crippen LogP) is 3.81. The van der Waals surface area contributed by atoms with E-state index >= 15 is 0 Å². The Balaban J connectivity index is 2.01. The van der Waals surface area contributed by atoms with Gasteiger partial charge < -0.3 is 24.5 Å². The van der Waals surface area contributed by atoms with Crippen LogP contribution in [0.15, 0.2) is 48.7 Å². The van der Waals surface area contributed by atoms with Gasteiger partial charge in [0.05, 0.1) is 25.6 Å². The van der Waals surface area contributed by atoms with Crippen LogP contribution in [0.25, 0.3) is 5.69 Å². The Bertz CT molecular complexity index is 1150. The molecule has 4 rings (SSSR count). The average molecular weight is 410 g/mol. The highest BCUT2D eigenvalue weighted by atomic mass is 19.1. The van der Waals surface area contributed by atoms with Gasteiger partial charge in [-0.05, 0) is 36.4 Å². The summed E-state index contributed by atoms with van der Waals surface area (Å²) in [4.78, 5) is 24.4. The van der Waals surface area contributed by atoms with Gasteiger partial charge in [0.1, 0.15) is 22.9 Å². The smallest absolute Gasteiger partial charge is 0.339 e. The molecule has 0 unspecified atom stereocenters. The number of aromatic carboxylic acids is 1. The zero-order valence-electron chi connectivity index (χ0n) is 16.3. The van der Waals surface area contributed by atoms with Crippen LogP contribution in [0.4, 0.5) is 10.1 Å². The van der Waals surface area contributed by atoms with Crippen molar-refractivity contribution in [2.24, 2.45) is 0 Å². The van der Waals surface area contributed by atoms with Crippen molar-refractivity contribution in [3.8, 4) is 17.2 Å². The lowest BCUT2D eigenvalue weighted by Crippen LogP contribution is -2.25. The third-order valence-corrected chi connectivity index (χ3v) is 5.16. The highest BCUT2D eigenvalue weighted by molar-refractivity contribution is 6.04. The Morgan fingerprint density at radius 1 is 1.20 bits per heavy atom. The molecule has 1 amide bonds. The van der Waals surface area contributed by atoms with Crippen LogP contribution in [0.1, 0.15) is 34.0 Å². The zero-order chi connectivity index (χ0) is 21.4. The van der Waals surface area contributed by atoms with Crippen LogP contribution in [0.3, 0.4) is 0 Å². The molecule has 0 spiro atoms. The molecule has 1 aliphatic heterocycles. The molecule has 154 valence electrons. The highest BCUT2D eigenvalue weighted by Gasteiger charge is 2.36. The van der Waals surface area contributed by atoms with E-state index in [1.165, 1.54) is 32.5 Å². The van der Waals surface area contributed by atoms with E-state index in [4.69, 9.17) is 9.47 Å². The molecule has 0 saturated carbocycles. The first-order valence-electron chi connectivity index (χ1n) is 9.19. The van der Waals surface area contributed by atoms with Crippen LogP contribution in [0, 0.1) is 5.82 Å². The normalized spacial score (nSPS) is 15.3. The lowest BCUT2D eigenvalue weighted by molar-refractivity contribution is -0.116. The molecule has 2 heterocycles. The van der Waals surface area contributed by atoms with Gasteiger partial charge in [-0.1, -0.05) is 6.07 Å². The van der Waals surface area contributed by atoms with Crippen molar-refractivity contribution in [3.63, 3.8) is 0 Å². The van der Waals surface area contributed by atoms with E-state index in [-0.39, 0.29) is 23.6 Å². The number of amides is 1. The van der Waals surface area contributed by atoms with E-state index in [1.807, 2.05) is 0 Å². The first-order chi connectivity index (χ1) is 14.4. The summed E-state index contributed by atoms with van der Waals surface area (Å²) >= 11 is 0.